The molecule has 0 radical (unpaired) electrons. The van der Waals surface area contributed by atoms with Gasteiger partial charge in [0, 0.05) is 31.3 Å². The summed E-state index contributed by atoms with van der Waals surface area (Å²) in [6.07, 6.45) is 1.46. The minimum atomic E-state index is 0.366. The van der Waals surface area contributed by atoms with Crippen LogP contribution < -0.4 is 5.32 Å². The molecule has 96 valence electrons. The maximum Gasteiger partial charge on any atom is 0.0821 e. The molecule has 3 nitrogen and oxygen atoms in total. The zero-order valence-electron chi connectivity index (χ0n) is 10.7. The van der Waals surface area contributed by atoms with Gasteiger partial charge in [-0.05, 0) is 18.9 Å². The van der Waals surface area contributed by atoms with Crippen LogP contribution in [-0.4, -0.2) is 50.5 Å². The molecule has 1 aliphatic rings. The quantitative estimate of drug-likeness (QED) is 0.743. The number of nitrogens with one attached hydrogen (secondary N) is 1. The first-order valence-corrected chi connectivity index (χ1v) is 7.36. The van der Waals surface area contributed by atoms with Gasteiger partial charge >= 0.3 is 0 Å². The van der Waals surface area contributed by atoms with Gasteiger partial charge in [0.15, 0.2) is 0 Å². The lowest BCUT2D eigenvalue weighted by atomic mass is 9.94. The van der Waals surface area contributed by atoms with Crippen molar-refractivity contribution >= 4 is 11.8 Å². The molecule has 0 aromatic rings. The van der Waals surface area contributed by atoms with Gasteiger partial charge in [0.2, 0.25) is 0 Å². The Morgan fingerprint density at radius 3 is 2.94 bits per heavy atom. The minimum Gasteiger partial charge on any atom is -0.385 e. The first-order valence-electron chi connectivity index (χ1n) is 6.21. The molecule has 3 unspecified atom stereocenters. The molecule has 0 aromatic carbocycles. The van der Waals surface area contributed by atoms with Gasteiger partial charge < -0.3 is 14.8 Å². The van der Waals surface area contributed by atoms with Crippen molar-refractivity contribution in [1.29, 1.82) is 0 Å². The second-order valence-corrected chi connectivity index (χ2v) is 5.48. The molecule has 1 heterocycles. The van der Waals surface area contributed by atoms with Crippen LogP contribution in [0, 0.1) is 5.92 Å². The lowest BCUT2D eigenvalue weighted by molar-refractivity contribution is 0.0274. The van der Waals surface area contributed by atoms with Crippen molar-refractivity contribution in [3.8, 4) is 0 Å². The van der Waals surface area contributed by atoms with Crippen LogP contribution in [0.25, 0.3) is 0 Å². The third kappa shape index (κ3) is 4.62. The molecule has 1 fully saturated rings. The molecule has 0 saturated carbocycles. The minimum absolute atomic E-state index is 0.366. The Morgan fingerprint density at radius 2 is 2.38 bits per heavy atom. The van der Waals surface area contributed by atoms with Crippen LogP contribution in [0.15, 0.2) is 0 Å². The van der Waals surface area contributed by atoms with Gasteiger partial charge in [-0.2, -0.15) is 11.8 Å². The van der Waals surface area contributed by atoms with Gasteiger partial charge in [-0.25, -0.2) is 0 Å². The summed E-state index contributed by atoms with van der Waals surface area (Å²) in [6, 6.07) is 0.466. The Kier molecular flexibility index (Phi) is 7.45. The molecule has 1 rings (SSSR count). The Morgan fingerprint density at radius 1 is 1.56 bits per heavy atom. The van der Waals surface area contributed by atoms with Gasteiger partial charge in [-0.1, -0.05) is 13.8 Å². The lowest BCUT2D eigenvalue weighted by Crippen LogP contribution is -2.48. The highest BCUT2D eigenvalue weighted by atomic mass is 32.2. The summed E-state index contributed by atoms with van der Waals surface area (Å²) in [5.41, 5.74) is 0. The monoisotopic (exact) mass is 247 g/mol. The normalized spacial score (nSPS) is 25.3. The van der Waals surface area contributed by atoms with Gasteiger partial charge in [0.25, 0.3) is 0 Å². The van der Waals surface area contributed by atoms with Crippen molar-refractivity contribution in [1.82, 2.24) is 5.32 Å². The molecular weight excluding hydrogens is 222 g/mol. The topological polar surface area (TPSA) is 30.5 Å². The number of hydrogen-bond acceptors (Lipinski definition) is 4. The molecule has 0 amide bonds. The fourth-order valence-electron chi connectivity index (χ4n) is 2.13. The number of likely N-dealkylation sites (N-methyl/N-ethyl adjacent to an activating group) is 1. The second-order valence-electron chi connectivity index (χ2n) is 4.33. The van der Waals surface area contributed by atoms with E-state index in [9.17, 15) is 0 Å². The first-order chi connectivity index (χ1) is 7.79. The van der Waals surface area contributed by atoms with E-state index in [2.05, 4.69) is 19.2 Å². The Bertz CT molecular complexity index is 174. The summed E-state index contributed by atoms with van der Waals surface area (Å²) >= 11 is 2.00. The molecule has 1 N–H and O–H groups in total. The molecule has 0 spiro atoms. The lowest BCUT2D eigenvalue weighted by Gasteiger charge is -2.34. The van der Waals surface area contributed by atoms with Crippen LogP contribution in [0.4, 0.5) is 0 Å². The molecule has 0 bridgehead atoms. The molecule has 1 saturated heterocycles. The number of ether oxygens (including phenoxy) is 2. The molecule has 0 aromatic heterocycles. The van der Waals surface area contributed by atoms with E-state index >= 15 is 0 Å². The molecule has 0 aliphatic carbocycles. The van der Waals surface area contributed by atoms with E-state index in [0.29, 0.717) is 18.1 Å². The number of hydrogen-bond donors (Lipinski definition) is 1. The van der Waals surface area contributed by atoms with E-state index in [1.54, 1.807) is 7.11 Å². The molecule has 16 heavy (non-hydrogen) atoms. The van der Waals surface area contributed by atoms with E-state index in [-0.39, 0.29) is 0 Å². The van der Waals surface area contributed by atoms with Crippen LogP contribution >= 0.6 is 11.8 Å². The van der Waals surface area contributed by atoms with Crippen molar-refractivity contribution in [2.75, 3.05) is 38.4 Å². The van der Waals surface area contributed by atoms with Crippen molar-refractivity contribution < 1.29 is 9.47 Å². The SMILES string of the molecule is CCNC(C(C)CCOC)C1CSCCO1. The van der Waals surface area contributed by atoms with Crippen LogP contribution in [0.1, 0.15) is 20.3 Å². The summed E-state index contributed by atoms with van der Waals surface area (Å²) < 4.78 is 11.0. The van der Waals surface area contributed by atoms with E-state index < -0.39 is 0 Å². The molecule has 1 aliphatic heterocycles. The molecule has 3 atom stereocenters. The largest absolute Gasteiger partial charge is 0.385 e. The molecule has 4 heteroatoms. The standard InChI is InChI=1S/C12H25NO2S/c1-4-13-12(10(2)5-6-14-3)11-9-16-8-7-15-11/h10-13H,4-9H2,1-3H3. The van der Waals surface area contributed by atoms with E-state index in [4.69, 9.17) is 9.47 Å². The third-order valence-corrected chi connectivity index (χ3v) is 4.09. The smallest absolute Gasteiger partial charge is 0.0821 e. The highest BCUT2D eigenvalue weighted by Crippen LogP contribution is 2.21. The molecular formula is C12H25NO2S. The number of rotatable bonds is 7. The van der Waals surface area contributed by atoms with Crippen molar-refractivity contribution in [3.63, 3.8) is 0 Å². The number of thioether (sulfide) groups is 1. The van der Waals surface area contributed by atoms with Gasteiger partial charge in [0.05, 0.1) is 12.7 Å². The summed E-state index contributed by atoms with van der Waals surface area (Å²) in [5, 5.41) is 3.57. The average molecular weight is 247 g/mol. The first kappa shape index (κ1) is 14.3. The zero-order valence-corrected chi connectivity index (χ0v) is 11.5. The van der Waals surface area contributed by atoms with Crippen LogP contribution in [0.3, 0.4) is 0 Å². The highest BCUT2D eigenvalue weighted by Gasteiger charge is 2.28. The summed E-state index contributed by atoms with van der Waals surface area (Å²) in [7, 11) is 1.77. The number of methoxy groups -OCH3 is 1. The summed E-state index contributed by atoms with van der Waals surface area (Å²) in [5.74, 6) is 2.86. The maximum atomic E-state index is 5.87. The second kappa shape index (κ2) is 8.34. The Labute approximate surface area is 104 Å². The fraction of sp³-hybridized carbons (Fsp3) is 1.00. The van der Waals surface area contributed by atoms with Gasteiger partial charge in [0.1, 0.15) is 0 Å². The highest BCUT2D eigenvalue weighted by molar-refractivity contribution is 7.99. The van der Waals surface area contributed by atoms with Crippen molar-refractivity contribution in [3.05, 3.63) is 0 Å². The average Bonchev–Trinajstić information content (AvgIpc) is 2.34. The van der Waals surface area contributed by atoms with Crippen LogP contribution in [0.2, 0.25) is 0 Å². The van der Waals surface area contributed by atoms with Gasteiger partial charge in [-0.15, -0.1) is 0 Å². The predicted octanol–water partition coefficient (Wildman–Crippen LogP) is 1.77. The van der Waals surface area contributed by atoms with Crippen LogP contribution in [-0.2, 0) is 9.47 Å². The Hall–Kier alpha value is 0.230. The summed E-state index contributed by atoms with van der Waals surface area (Å²) in [6.45, 7) is 7.19. The van der Waals surface area contributed by atoms with Crippen LogP contribution in [0.5, 0.6) is 0 Å². The van der Waals surface area contributed by atoms with E-state index in [1.165, 1.54) is 0 Å². The van der Waals surface area contributed by atoms with E-state index in [0.717, 1.165) is 37.7 Å². The third-order valence-electron chi connectivity index (χ3n) is 3.07. The van der Waals surface area contributed by atoms with Gasteiger partial charge in [-0.3, -0.25) is 0 Å². The van der Waals surface area contributed by atoms with E-state index in [1.807, 2.05) is 11.8 Å². The Balaban J connectivity index is 2.43. The predicted molar refractivity (Wildman–Crippen MR) is 70.2 cm³/mol. The maximum absolute atomic E-state index is 5.87. The van der Waals surface area contributed by atoms with Crippen molar-refractivity contribution in [2.45, 2.75) is 32.4 Å². The van der Waals surface area contributed by atoms with Crippen molar-refractivity contribution in [2.24, 2.45) is 5.92 Å². The fourth-order valence-corrected chi connectivity index (χ4v) is 3.05. The summed E-state index contributed by atoms with van der Waals surface area (Å²) in [4.78, 5) is 0. The zero-order chi connectivity index (χ0) is 11.8.